The van der Waals surface area contributed by atoms with Crippen molar-refractivity contribution in [2.24, 2.45) is 4.99 Å². The van der Waals surface area contributed by atoms with Gasteiger partial charge in [-0.05, 0) is 57.4 Å². The average Bonchev–Trinajstić information content (AvgIpc) is 2.64. The molecule has 6 heteroatoms. The van der Waals surface area contributed by atoms with Gasteiger partial charge >= 0.3 is 0 Å². The van der Waals surface area contributed by atoms with Gasteiger partial charge in [-0.1, -0.05) is 18.6 Å². The van der Waals surface area contributed by atoms with Crippen LogP contribution in [-0.2, 0) is 6.54 Å². The molecule has 26 heavy (non-hydrogen) atoms. The quantitative estimate of drug-likeness (QED) is 0.278. The standard InChI is InChI=1S/C20H31N5.HI/c1-3-22-20(24-16-19-10-6-9-18(14-19)15-21)23-11-7-13-25-12-5-4-8-17(25)2;/h6,9-10,14,17H,3-5,7-8,11-13,16H2,1-2H3,(H2,22,23,24);1H. The Hall–Kier alpha value is -1.33. The Bertz CT molecular complexity index is 596. The highest BCUT2D eigenvalue weighted by atomic mass is 127. The first-order valence-electron chi connectivity index (χ1n) is 9.48. The second-order valence-corrected chi connectivity index (χ2v) is 6.67. The molecule has 1 aliphatic heterocycles. The first-order chi connectivity index (χ1) is 12.2. The maximum Gasteiger partial charge on any atom is 0.191 e. The van der Waals surface area contributed by atoms with E-state index in [0.29, 0.717) is 12.1 Å². The summed E-state index contributed by atoms with van der Waals surface area (Å²) in [7, 11) is 0. The molecule has 2 N–H and O–H groups in total. The van der Waals surface area contributed by atoms with Gasteiger partial charge in [0.25, 0.3) is 0 Å². The van der Waals surface area contributed by atoms with E-state index in [-0.39, 0.29) is 24.0 Å². The molecule has 1 aromatic carbocycles. The molecule has 5 nitrogen and oxygen atoms in total. The monoisotopic (exact) mass is 469 g/mol. The second-order valence-electron chi connectivity index (χ2n) is 6.67. The zero-order chi connectivity index (χ0) is 17.9. The summed E-state index contributed by atoms with van der Waals surface area (Å²) in [5.74, 6) is 0.844. The summed E-state index contributed by atoms with van der Waals surface area (Å²) < 4.78 is 0. The third kappa shape index (κ3) is 7.92. The summed E-state index contributed by atoms with van der Waals surface area (Å²) in [6, 6.07) is 10.5. The van der Waals surface area contributed by atoms with Crippen LogP contribution in [-0.4, -0.2) is 43.1 Å². The lowest BCUT2D eigenvalue weighted by Gasteiger charge is -2.33. The third-order valence-electron chi connectivity index (χ3n) is 4.68. The van der Waals surface area contributed by atoms with E-state index in [9.17, 15) is 0 Å². The van der Waals surface area contributed by atoms with Crippen molar-refractivity contribution in [3.8, 4) is 6.07 Å². The fourth-order valence-electron chi connectivity index (χ4n) is 3.23. The molecule has 0 amide bonds. The molecule has 1 fully saturated rings. The molecule has 1 aromatic rings. The Morgan fingerprint density at radius 1 is 1.35 bits per heavy atom. The number of nitriles is 1. The number of aliphatic imine (C=N–C) groups is 1. The number of piperidine rings is 1. The van der Waals surface area contributed by atoms with E-state index in [4.69, 9.17) is 5.26 Å². The molecule has 1 unspecified atom stereocenters. The minimum absolute atomic E-state index is 0. The summed E-state index contributed by atoms with van der Waals surface area (Å²) in [5.41, 5.74) is 1.74. The Morgan fingerprint density at radius 2 is 2.19 bits per heavy atom. The maximum absolute atomic E-state index is 8.98. The van der Waals surface area contributed by atoms with Gasteiger partial charge in [0.2, 0.25) is 0 Å². The van der Waals surface area contributed by atoms with Gasteiger partial charge in [-0.15, -0.1) is 24.0 Å². The van der Waals surface area contributed by atoms with Crippen molar-refractivity contribution in [1.29, 1.82) is 5.26 Å². The molecule has 0 saturated carbocycles. The number of hydrogen-bond acceptors (Lipinski definition) is 3. The molecule has 0 bridgehead atoms. The lowest BCUT2D eigenvalue weighted by Crippen LogP contribution is -2.41. The lowest BCUT2D eigenvalue weighted by atomic mass is 10.0. The normalized spacial score (nSPS) is 17.9. The number of nitrogens with one attached hydrogen (secondary N) is 2. The largest absolute Gasteiger partial charge is 0.357 e. The van der Waals surface area contributed by atoms with E-state index in [1.165, 1.54) is 25.8 Å². The van der Waals surface area contributed by atoms with Gasteiger partial charge in [0.15, 0.2) is 5.96 Å². The van der Waals surface area contributed by atoms with Crippen LogP contribution in [0.1, 0.15) is 50.7 Å². The van der Waals surface area contributed by atoms with Gasteiger partial charge in [-0.3, -0.25) is 0 Å². The van der Waals surface area contributed by atoms with E-state index in [2.05, 4.69) is 40.4 Å². The van der Waals surface area contributed by atoms with Crippen molar-refractivity contribution in [2.45, 2.75) is 52.1 Å². The van der Waals surface area contributed by atoms with Crippen LogP contribution in [0.15, 0.2) is 29.3 Å². The molecule has 2 rings (SSSR count). The molecule has 1 heterocycles. The van der Waals surface area contributed by atoms with Crippen molar-refractivity contribution in [3.05, 3.63) is 35.4 Å². The SMILES string of the molecule is CCNC(=NCc1cccc(C#N)c1)NCCCN1CCCCC1C.I. The summed E-state index contributed by atoms with van der Waals surface area (Å²) in [5, 5.41) is 15.7. The van der Waals surface area contributed by atoms with E-state index in [1.807, 2.05) is 24.3 Å². The molecule has 1 aliphatic rings. The zero-order valence-electron chi connectivity index (χ0n) is 16.0. The number of likely N-dealkylation sites (tertiary alicyclic amines) is 1. The summed E-state index contributed by atoms with van der Waals surface area (Å²) in [6.45, 7) is 9.15. The molecule has 144 valence electrons. The van der Waals surface area contributed by atoms with E-state index in [1.54, 1.807) is 0 Å². The first kappa shape index (κ1) is 22.7. The van der Waals surface area contributed by atoms with E-state index < -0.39 is 0 Å². The Labute approximate surface area is 175 Å². The topological polar surface area (TPSA) is 63.5 Å². The highest BCUT2D eigenvalue weighted by Crippen LogP contribution is 2.16. The van der Waals surface area contributed by atoms with Crippen LogP contribution in [0, 0.1) is 11.3 Å². The maximum atomic E-state index is 8.98. The summed E-state index contributed by atoms with van der Waals surface area (Å²) in [4.78, 5) is 7.23. The number of hydrogen-bond donors (Lipinski definition) is 2. The zero-order valence-corrected chi connectivity index (χ0v) is 18.3. The molecule has 0 radical (unpaired) electrons. The minimum Gasteiger partial charge on any atom is -0.357 e. The van der Waals surface area contributed by atoms with Crippen LogP contribution in [0.3, 0.4) is 0 Å². The summed E-state index contributed by atoms with van der Waals surface area (Å²) >= 11 is 0. The Balaban J connectivity index is 0.00000338. The fraction of sp³-hybridized carbons (Fsp3) is 0.600. The van der Waals surface area contributed by atoms with Crippen LogP contribution in [0.4, 0.5) is 0 Å². The van der Waals surface area contributed by atoms with E-state index in [0.717, 1.165) is 43.6 Å². The first-order valence-corrected chi connectivity index (χ1v) is 9.48. The summed E-state index contributed by atoms with van der Waals surface area (Å²) in [6.07, 6.45) is 5.17. The number of halogens is 1. The Kier molecular flexibility index (Phi) is 11.3. The van der Waals surface area contributed by atoms with Crippen molar-refractivity contribution in [1.82, 2.24) is 15.5 Å². The van der Waals surface area contributed by atoms with Gasteiger partial charge < -0.3 is 15.5 Å². The molecule has 0 spiro atoms. The van der Waals surface area contributed by atoms with E-state index >= 15 is 0 Å². The average molecular weight is 469 g/mol. The highest BCUT2D eigenvalue weighted by Gasteiger charge is 2.17. The highest BCUT2D eigenvalue weighted by molar-refractivity contribution is 14.0. The number of rotatable bonds is 7. The van der Waals surface area contributed by atoms with Crippen molar-refractivity contribution in [2.75, 3.05) is 26.2 Å². The van der Waals surface area contributed by atoms with Crippen LogP contribution in [0.25, 0.3) is 0 Å². The molecule has 1 saturated heterocycles. The number of guanidine groups is 1. The van der Waals surface area contributed by atoms with Crippen LogP contribution >= 0.6 is 24.0 Å². The van der Waals surface area contributed by atoms with Crippen LogP contribution in [0.2, 0.25) is 0 Å². The van der Waals surface area contributed by atoms with Crippen molar-refractivity contribution < 1.29 is 0 Å². The van der Waals surface area contributed by atoms with Gasteiger partial charge in [0, 0.05) is 25.7 Å². The van der Waals surface area contributed by atoms with Crippen molar-refractivity contribution in [3.63, 3.8) is 0 Å². The van der Waals surface area contributed by atoms with Crippen molar-refractivity contribution >= 4 is 29.9 Å². The molecular formula is C20H32IN5. The lowest BCUT2D eigenvalue weighted by molar-refractivity contribution is 0.159. The Morgan fingerprint density at radius 3 is 2.92 bits per heavy atom. The van der Waals surface area contributed by atoms with Crippen LogP contribution in [0.5, 0.6) is 0 Å². The van der Waals surface area contributed by atoms with Gasteiger partial charge in [-0.2, -0.15) is 5.26 Å². The molecule has 0 aromatic heterocycles. The van der Waals surface area contributed by atoms with Gasteiger partial charge in [0.1, 0.15) is 0 Å². The number of benzene rings is 1. The molecule has 1 atom stereocenters. The predicted molar refractivity (Wildman–Crippen MR) is 119 cm³/mol. The molecular weight excluding hydrogens is 437 g/mol. The van der Waals surface area contributed by atoms with Crippen LogP contribution < -0.4 is 10.6 Å². The second kappa shape index (κ2) is 12.9. The predicted octanol–water partition coefficient (Wildman–Crippen LogP) is 3.50. The molecule has 0 aliphatic carbocycles. The third-order valence-corrected chi connectivity index (χ3v) is 4.68. The van der Waals surface area contributed by atoms with Gasteiger partial charge in [0.05, 0.1) is 18.2 Å². The fourth-order valence-corrected chi connectivity index (χ4v) is 3.23. The smallest absolute Gasteiger partial charge is 0.191 e. The minimum atomic E-state index is 0. The van der Waals surface area contributed by atoms with Gasteiger partial charge in [-0.25, -0.2) is 4.99 Å². The number of nitrogens with zero attached hydrogens (tertiary/aromatic N) is 3.